The van der Waals surface area contributed by atoms with Crippen LogP contribution in [0.3, 0.4) is 0 Å². The van der Waals surface area contributed by atoms with Crippen molar-refractivity contribution in [3.63, 3.8) is 0 Å². The second kappa shape index (κ2) is 10.6. The van der Waals surface area contributed by atoms with Crippen molar-refractivity contribution in [2.24, 2.45) is 11.8 Å². The number of amides is 2. The average Bonchev–Trinajstić information content (AvgIpc) is 2.85. The summed E-state index contributed by atoms with van der Waals surface area (Å²) in [6.07, 6.45) is 11.0. The number of aromatic nitrogens is 1. The summed E-state index contributed by atoms with van der Waals surface area (Å²) in [5.41, 5.74) is 1.58. The molecule has 1 N–H and O–H groups in total. The van der Waals surface area contributed by atoms with E-state index in [4.69, 9.17) is 4.74 Å². The van der Waals surface area contributed by atoms with Gasteiger partial charge in [0.25, 0.3) is 0 Å². The number of rotatable bonds is 6. The molecule has 2 aliphatic heterocycles. The van der Waals surface area contributed by atoms with Gasteiger partial charge in [-0.25, -0.2) is 0 Å². The topological polar surface area (TPSA) is 74.8 Å². The van der Waals surface area contributed by atoms with Crippen LogP contribution in [0.25, 0.3) is 0 Å². The lowest BCUT2D eigenvalue weighted by Gasteiger charge is -2.35. The van der Waals surface area contributed by atoms with Crippen molar-refractivity contribution in [3.8, 4) is 5.75 Å². The maximum absolute atomic E-state index is 13.1. The van der Waals surface area contributed by atoms with Crippen molar-refractivity contribution in [3.05, 3.63) is 48.8 Å². The summed E-state index contributed by atoms with van der Waals surface area (Å²) in [7, 11) is 0. The number of carbonyl (C=O) groups is 2. The molecule has 2 amide bonds. The van der Waals surface area contributed by atoms with Gasteiger partial charge < -0.3 is 15.0 Å². The van der Waals surface area contributed by atoms with Crippen LogP contribution in [0.15, 0.2) is 48.8 Å². The molecule has 1 aromatic heterocycles. The summed E-state index contributed by atoms with van der Waals surface area (Å²) >= 11 is 0. The van der Waals surface area contributed by atoms with Crippen molar-refractivity contribution in [2.45, 2.75) is 51.0 Å². The Morgan fingerprint density at radius 1 is 0.912 bits per heavy atom. The highest BCUT2D eigenvalue weighted by Crippen LogP contribution is 2.31. The Bertz CT molecular complexity index is 963. The predicted octanol–water partition coefficient (Wildman–Crippen LogP) is 3.92. The van der Waals surface area contributed by atoms with Gasteiger partial charge in [0.05, 0.1) is 17.8 Å². The van der Waals surface area contributed by atoms with Crippen LogP contribution in [0.2, 0.25) is 0 Å². The average molecular weight is 463 g/mol. The molecule has 3 fully saturated rings. The molecule has 7 heteroatoms. The summed E-state index contributed by atoms with van der Waals surface area (Å²) < 4.78 is 6.25. The van der Waals surface area contributed by atoms with Crippen molar-refractivity contribution in [1.82, 2.24) is 15.2 Å². The van der Waals surface area contributed by atoms with Crippen molar-refractivity contribution >= 4 is 23.2 Å². The van der Waals surface area contributed by atoms with E-state index < -0.39 is 0 Å². The second-order valence-electron chi connectivity index (χ2n) is 9.71. The molecule has 3 aliphatic rings. The number of nitrogens with zero attached hydrogens (tertiary/aromatic N) is 3. The fourth-order valence-electron chi connectivity index (χ4n) is 5.20. The van der Waals surface area contributed by atoms with Gasteiger partial charge in [-0.1, -0.05) is 19.3 Å². The van der Waals surface area contributed by atoms with Gasteiger partial charge in [0.15, 0.2) is 0 Å². The van der Waals surface area contributed by atoms with Crippen LogP contribution in [0.1, 0.15) is 44.9 Å². The minimum absolute atomic E-state index is 0.0161. The van der Waals surface area contributed by atoms with E-state index in [9.17, 15) is 9.59 Å². The zero-order chi connectivity index (χ0) is 23.3. The van der Waals surface area contributed by atoms with E-state index in [1.54, 1.807) is 17.3 Å². The molecule has 3 heterocycles. The minimum Gasteiger partial charge on any atom is -0.490 e. The third-order valence-electron chi connectivity index (χ3n) is 7.36. The number of piperidine rings is 1. The van der Waals surface area contributed by atoms with E-state index in [1.807, 2.05) is 41.3 Å². The number of hydrogen-bond acceptors (Lipinski definition) is 5. The molecule has 0 atom stereocenters. The SMILES string of the molecule is O=C(C1CCCCC1)N1CCC(Oc2ccc(N(C(=O)C3CNC3)c3cccnc3)cc2)CC1. The molecule has 1 saturated carbocycles. The van der Waals surface area contributed by atoms with Crippen LogP contribution in [0.4, 0.5) is 11.4 Å². The normalized spacial score (nSPS) is 19.9. The van der Waals surface area contributed by atoms with Gasteiger partial charge in [0.1, 0.15) is 11.9 Å². The largest absolute Gasteiger partial charge is 0.490 e. The molecular formula is C27H34N4O3. The first-order chi connectivity index (χ1) is 16.7. The lowest BCUT2D eigenvalue weighted by atomic mass is 9.88. The van der Waals surface area contributed by atoms with E-state index in [0.717, 1.165) is 55.9 Å². The van der Waals surface area contributed by atoms with Crippen LogP contribution in [0, 0.1) is 11.8 Å². The molecule has 34 heavy (non-hydrogen) atoms. The number of nitrogens with one attached hydrogen (secondary N) is 1. The van der Waals surface area contributed by atoms with E-state index in [2.05, 4.69) is 10.3 Å². The molecule has 0 unspecified atom stereocenters. The van der Waals surface area contributed by atoms with E-state index >= 15 is 0 Å². The molecular weight excluding hydrogens is 428 g/mol. The number of benzene rings is 1. The molecule has 0 bridgehead atoms. The highest BCUT2D eigenvalue weighted by atomic mass is 16.5. The van der Waals surface area contributed by atoms with E-state index in [0.29, 0.717) is 19.0 Å². The lowest BCUT2D eigenvalue weighted by Crippen LogP contribution is -2.51. The first-order valence-corrected chi connectivity index (χ1v) is 12.7. The van der Waals surface area contributed by atoms with Crippen molar-refractivity contribution in [1.29, 1.82) is 0 Å². The Labute approximate surface area is 201 Å². The van der Waals surface area contributed by atoms with Crippen molar-refractivity contribution < 1.29 is 14.3 Å². The van der Waals surface area contributed by atoms with Gasteiger partial charge in [0, 0.05) is 56.8 Å². The molecule has 1 aliphatic carbocycles. The summed E-state index contributed by atoms with van der Waals surface area (Å²) in [6, 6.07) is 11.5. The zero-order valence-corrected chi connectivity index (χ0v) is 19.7. The number of pyridine rings is 1. The van der Waals surface area contributed by atoms with Gasteiger partial charge in [-0.3, -0.25) is 19.5 Å². The number of ether oxygens (including phenoxy) is 1. The van der Waals surface area contributed by atoms with Crippen molar-refractivity contribution in [2.75, 3.05) is 31.1 Å². The third kappa shape index (κ3) is 5.09. The Balaban J connectivity index is 1.19. The van der Waals surface area contributed by atoms with Crippen LogP contribution >= 0.6 is 0 Å². The summed E-state index contributed by atoms with van der Waals surface area (Å²) in [6.45, 7) is 2.96. The molecule has 2 aromatic rings. The van der Waals surface area contributed by atoms with Crippen LogP contribution in [-0.4, -0.2) is 54.0 Å². The third-order valence-corrected chi connectivity index (χ3v) is 7.36. The van der Waals surface area contributed by atoms with Crippen LogP contribution < -0.4 is 15.0 Å². The van der Waals surface area contributed by atoms with Gasteiger partial charge in [-0.2, -0.15) is 0 Å². The molecule has 0 radical (unpaired) electrons. The molecule has 5 rings (SSSR count). The quantitative estimate of drug-likeness (QED) is 0.704. The minimum atomic E-state index is -0.0161. The van der Waals surface area contributed by atoms with Crippen LogP contribution in [0.5, 0.6) is 5.75 Å². The maximum atomic E-state index is 13.1. The molecule has 180 valence electrons. The fourth-order valence-corrected chi connectivity index (χ4v) is 5.20. The van der Waals surface area contributed by atoms with Gasteiger partial charge in [0.2, 0.25) is 11.8 Å². The molecule has 7 nitrogen and oxygen atoms in total. The van der Waals surface area contributed by atoms with Gasteiger partial charge in [-0.05, 0) is 49.2 Å². The Hall–Kier alpha value is -2.93. The Kier molecular flexibility index (Phi) is 7.09. The fraction of sp³-hybridized carbons (Fsp3) is 0.519. The zero-order valence-electron chi connectivity index (χ0n) is 19.7. The Morgan fingerprint density at radius 2 is 1.65 bits per heavy atom. The molecule has 0 spiro atoms. The van der Waals surface area contributed by atoms with Gasteiger partial charge in [-0.15, -0.1) is 0 Å². The van der Waals surface area contributed by atoms with E-state index in [-0.39, 0.29) is 23.8 Å². The van der Waals surface area contributed by atoms with Crippen LogP contribution in [-0.2, 0) is 9.59 Å². The number of likely N-dealkylation sites (tertiary alicyclic amines) is 1. The maximum Gasteiger partial charge on any atom is 0.237 e. The second-order valence-corrected chi connectivity index (χ2v) is 9.71. The highest BCUT2D eigenvalue weighted by molar-refractivity contribution is 6.02. The molecule has 1 aromatic carbocycles. The predicted molar refractivity (Wildman–Crippen MR) is 131 cm³/mol. The summed E-state index contributed by atoms with van der Waals surface area (Å²) in [4.78, 5) is 33.9. The summed E-state index contributed by atoms with van der Waals surface area (Å²) in [5, 5.41) is 3.18. The molecule has 2 saturated heterocycles. The standard InChI is InChI=1S/C27H34N4O3/c32-26(20-5-2-1-3-6-20)30-15-12-25(13-16-30)34-24-10-8-22(9-11-24)31(23-7-4-14-28-19-23)27(33)21-17-29-18-21/h4,7-11,14,19-21,25,29H,1-3,5-6,12-13,15-18H2. The highest BCUT2D eigenvalue weighted by Gasteiger charge is 2.32. The van der Waals surface area contributed by atoms with Gasteiger partial charge >= 0.3 is 0 Å². The first-order valence-electron chi connectivity index (χ1n) is 12.7. The monoisotopic (exact) mass is 462 g/mol. The first kappa shape index (κ1) is 22.8. The number of carbonyl (C=O) groups excluding carboxylic acids is 2. The lowest BCUT2D eigenvalue weighted by molar-refractivity contribution is -0.138. The smallest absolute Gasteiger partial charge is 0.237 e. The van der Waals surface area contributed by atoms with E-state index in [1.165, 1.54) is 19.3 Å². The number of anilines is 2. The Morgan fingerprint density at radius 3 is 2.26 bits per heavy atom. The summed E-state index contributed by atoms with van der Waals surface area (Å²) in [5.74, 6) is 1.45. The number of hydrogen-bond donors (Lipinski definition) is 1.